The topological polar surface area (TPSA) is 73.1 Å². The summed E-state index contributed by atoms with van der Waals surface area (Å²) in [5, 5.41) is 8.12. The summed E-state index contributed by atoms with van der Waals surface area (Å²) in [5.41, 5.74) is 4.43. The molecule has 0 unspecified atom stereocenters. The van der Waals surface area contributed by atoms with Gasteiger partial charge >= 0.3 is 0 Å². The van der Waals surface area contributed by atoms with E-state index in [0.717, 1.165) is 54.1 Å². The Bertz CT molecular complexity index is 1090. The zero-order valence-corrected chi connectivity index (χ0v) is 19.0. The first kappa shape index (κ1) is 21.5. The van der Waals surface area contributed by atoms with Crippen LogP contribution in [0.4, 0.5) is 0 Å². The molecule has 1 aromatic heterocycles. The normalized spacial score (nSPS) is 13.5. The van der Waals surface area contributed by atoms with E-state index in [0.29, 0.717) is 6.54 Å². The number of fused-ring (bicyclic) bond motifs is 1. The molecule has 0 saturated heterocycles. The second-order valence-corrected chi connectivity index (χ2v) is 7.50. The van der Waals surface area contributed by atoms with Crippen molar-refractivity contribution in [3.05, 3.63) is 65.5 Å². The van der Waals surface area contributed by atoms with Crippen molar-refractivity contribution < 1.29 is 14.2 Å². The van der Waals surface area contributed by atoms with Crippen LogP contribution in [0.3, 0.4) is 0 Å². The molecule has 0 saturated carbocycles. The van der Waals surface area contributed by atoms with Crippen LogP contribution < -0.4 is 19.5 Å². The van der Waals surface area contributed by atoms with Gasteiger partial charge in [0.2, 0.25) is 0 Å². The number of nitrogens with one attached hydrogen (secondary N) is 1. The third-order valence-corrected chi connectivity index (χ3v) is 5.64. The van der Waals surface area contributed by atoms with Gasteiger partial charge in [-0.1, -0.05) is 0 Å². The highest BCUT2D eigenvalue weighted by molar-refractivity contribution is 5.80. The first-order valence-corrected chi connectivity index (χ1v) is 10.5. The smallest absolute Gasteiger partial charge is 0.194 e. The Morgan fingerprint density at radius 3 is 2.38 bits per heavy atom. The molecule has 0 radical (unpaired) electrons. The van der Waals surface area contributed by atoms with E-state index in [1.54, 1.807) is 21.3 Å². The molecule has 0 spiro atoms. The Balaban J connectivity index is 1.41. The van der Waals surface area contributed by atoms with Crippen LogP contribution in [0.2, 0.25) is 0 Å². The van der Waals surface area contributed by atoms with Gasteiger partial charge in [-0.25, -0.2) is 4.68 Å². The molecule has 0 amide bonds. The van der Waals surface area contributed by atoms with Crippen molar-refractivity contribution in [2.24, 2.45) is 4.99 Å². The highest BCUT2D eigenvalue weighted by Crippen LogP contribution is 2.33. The number of guanidine groups is 1. The number of nitrogens with zero attached hydrogens (tertiary/aromatic N) is 4. The van der Waals surface area contributed by atoms with E-state index in [9.17, 15) is 0 Å². The summed E-state index contributed by atoms with van der Waals surface area (Å²) in [6.45, 7) is 2.23. The molecule has 0 bridgehead atoms. The van der Waals surface area contributed by atoms with E-state index in [1.807, 2.05) is 48.3 Å². The lowest BCUT2D eigenvalue weighted by atomic mass is 9.99. The molecule has 0 aliphatic carbocycles. The van der Waals surface area contributed by atoms with Crippen molar-refractivity contribution in [3.63, 3.8) is 0 Å². The Kier molecular flexibility index (Phi) is 6.49. The van der Waals surface area contributed by atoms with Crippen LogP contribution in [0.1, 0.15) is 16.8 Å². The molecule has 32 heavy (non-hydrogen) atoms. The van der Waals surface area contributed by atoms with Gasteiger partial charge in [-0.2, -0.15) is 5.10 Å². The minimum atomic E-state index is 0.588. The van der Waals surface area contributed by atoms with Gasteiger partial charge in [0.15, 0.2) is 17.5 Å². The van der Waals surface area contributed by atoms with E-state index < -0.39 is 0 Å². The summed E-state index contributed by atoms with van der Waals surface area (Å²) in [5.74, 6) is 3.20. The van der Waals surface area contributed by atoms with Crippen LogP contribution in [0.15, 0.2) is 53.7 Å². The Morgan fingerprint density at radius 2 is 1.72 bits per heavy atom. The molecule has 3 aromatic rings. The van der Waals surface area contributed by atoms with Crippen molar-refractivity contribution in [3.8, 4) is 22.9 Å². The van der Waals surface area contributed by atoms with Gasteiger partial charge in [-0.05, 0) is 60.0 Å². The van der Waals surface area contributed by atoms with Crippen molar-refractivity contribution >= 4 is 5.96 Å². The van der Waals surface area contributed by atoms with Gasteiger partial charge < -0.3 is 24.4 Å². The van der Waals surface area contributed by atoms with E-state index >= 15 is 0 Å². The summed E-state index contributed by atoms with van der Waals surface area (Å²) >= 11 is 0. The van der Waals surface area contributed by atoms with Crippen LogP contribution in [0, 0.1) is 0 Å². The highest BCUT2D eigenvalue weighted by atomic mass is 16.5. The summed E-state index contributed by atoms with van der Waals surface area (Å²) in [6, 6.07) is 14.0. The van der Waals surface area contributed by atoms with Gasteiger partial charge in [0, 0.05) is 26.3 Å². The number of hydrogen-bond donors (Lipinski definition) is 1. The minimum Gasteiger partial charge on any atom is -0.497 e. The second kappa shape index (κ2) is 9.64. The summed E-state index contributed by atoms with van der Waals surface area (Å²) in [6.07, 6.45) is 2.88. The monoisotopic (exact) mass is 435 g/mol. The maximum absolute atomic E-state index is 5.47. The van der Waals surface area contributed by atoms with E-state index in [-0.39, 0.29) is 0 Å². The number of rotatable bonds is 6. The molecule has 2 heterocycles. The quantitative estimate of drug-likeness (QED) is 0.474. The molecule has 4 rings (SSSR count). The number of methoxy groups -OCH3 is 3. The molecule has 2 aromatic carbocycles. The lowest BCUT2D eigenvalue weighted by Crippen LogP contribution is -2.43. The molecule has 8 heteroatoms. The first-order valence-electron chi connectivity index (χ1n) is 10.5. The molecule has 0 atom stereocenters. The van der Waals surface area contributed by atoms with Crippen LogP contribution in [-0.4, -0.2) is 55.6 Å². The lowest BCUT2D eigenvalue weighted by molar-refractivity contribution is 0.346. The van der Waals surface area contributed by atoms with Crippen LogP contribution in [0.5, 0.6) is 17.2 Å². The predicted molar refractivity (Wildman–Crippen MR) is 124 cm³/mol. The number of benzene rings is 2. The van der Waals surface area contributed by atoms with Crippen molar-refractivity contribution in [1.29, 1.82) is 0 Å². The maximum Gasteiger partial charge on any atom is 0.194 e. The Hall–Kier alpha value is -3.68. The summed E-state index contributed by atoms with van der Waals surface area (Å²) in [7, 11) is 6.80. The van der Waals surface area contributed by atoms with E-state index in [4.69, 9.17) is 14.2 Å². The largest absolute Gasteiger partial charge is 0.497 e. The molecule has 168 valence electrons. The molecule has 1 N–H and O–H groups in total. The second-order valence-electron chi connectivity index (χ2n) is 7.50. The molecule has 0 fully saturated rings. The minimum absolute atomic E-state index is 0.588. The van der Waals surface area contributed by atoms with Crippen LogP contribution >= 0.6 is 0 Å². The molecule has 8 nitrogen and oxygen atoms in total. The number of aliphatic imine (C=N–C) groups is 1. The van der Waals surface area contributed by atoms with E-state index in [2.05, 4.69) is 32.4 Å². The SMILES string of the molecule is CN=C(NCc1ccn(-c2ccc(OC)cc2)n1)N1CCc2cc(OC)c(OC)cc2C1. The zero-order chi connectivity index (χ0) is 22.5. The number of hydrogen-bond acceptors (Lipinski definition) is 5. The van der Waals surface area contributed by atoms with Gasteiger partial charge in [0.1, 0.15) is 5.75 Å². The average Bonchev–Trinajstić information content (AvgIpc) is 3.32. The maximum atomic E-state index is 5.47. The van der Waals surface area contributed by atoms with Gasteiger partial charge in [0.25, 0.3) is 0 Å². The van der Waals surface area contributed by atoms with Crippen LogP contribution in [-0.2, 0) is 19.5 Å². The molecule has 1 aliphatic rings. The Labute approximate surface area is 188 Å². The molecule has 1 aliphatic heterocycles. The number of ether oxygens (including phenoxy) is 3. The fourth-order valence-electron chi connectivity index (χ4n) is 3.90. The average molecular weight is 436 g/mol. The fraction of sp³-hybridized carbons (Fsp3) is 0.333. The van der Waals surface area contributed by atoms with Crippen molar-refractivity contribution in [2.75, 3.05) is 34.9 Å². The highest BCUT2D eigenvalue weighted by Gasteiger charge is 2.21. The standard InChI is InChI=1S/C24H29N5O3/c1-25-24(28-11-9-17-13-22(31-3)23(32-4)14-18(17)16-28)26-15-19-10-12-29(27-19)20-5-7-21(30-2)8-6-20/h5-8,10,12-14H,9,11,15-16H2,1-4H3,(H,25,26). The molecular formula is C24H29N5O3. The Morgan fingerprint density at radius 1 is 1.00 bits per heavy atom. The summed E-state index contributed by atoms with van der Waals surface area (Å²) < 4.78 is 18.0. The summed E-state index contributed by atoms with van der Waals surface area (Å²) in [4.78, 5) is 6.73. The van der Waals surface area contributed by atoms with Gasteiger partial charge in [-0.15, -0.1) is 0 Å². The lowest BCUT2D eigenvalue weighted by Gasteiger charge is -2.32. The van der Waals surface area contributed by atoms with Crippen molar-refractivity contribution in [1.82, 2.24) is 20.0 Å². The third-order valence-electron chi connectivity index (χ3n) is 5.64. The van der Waals surface area contributed by atoms with Gasteiger partial charge in [0.05, 0.1) is 39.3 Å². The number of aromatic nitrogens is 2. The van der Waals surface area contributed by atoms with Gasteiger partial charge in [-0.3, -0.25) is 4.99 Å². The third kappa shape index (κ3) is 4.49. The van der Waals surface area contributed by atoms with Crippen LogP contribution in [0.25, 0.3) is 5.69 Å². The predicted octanol–water partition coefficient (Wildman–Crippen LogP) is 3.03. The first-order chi connectivity index (χ1) is 15.6. The zero-order valence-electron chi connectivity index (χ0n) is 19.0. The molecular weight excluding hydrogens is 406 g/mol. The van der Waals surface area contributed by atoms with E-state index in [1.165, 1.54) is 11.1 Å². The van der Waals surface area contributed by atoms with Crippen molar-refractivity contribution in [2.45, 2.75) is 19.5 Å². The fourth-order valence-corrected chi connectivity index (χ4v) is 3.90.